The van der Waals surface area contributed by atoms with Crippen LogP contribution in [0.25, 0.3) is 0 Å². The lowest BCUT2D eigenvalue weighted by Gasteiger charge is -2.24. The van der Waals surface area contributed by atoms with Crippen LogP contribution in [0.5, 0.6) is 11.5 Å². The van der Waals surface area contributed by atoms with E-state index in [2.05, 4.69) is 22.2 Å². The maximum atomic E-state index is 12.4. The van der Waals surface area contributed by atoms with Gasteiger partial charge in [0.2, 0.25) is 5.91 Å². The summed E-state index contributed by atoms with van der Waals surface area (Å²) in [6.07, 6.45) is 0. The fourth-order valence-electron chi connectivity index (χ4n) is 3.81. The van der Waals surface area contributed by atoms with E-state index in [0.717, 1.165) is 22.6 Å². The molecule has 0 spiro atoms. The third kappa shape index (κ3) is 2.73. The van der Waals surface area contributed by atoms with Crippen LogP contribution in [-0.2, 0) is 4.79 Å². The molecule has 0 aliphatic carbocycles. The highest BCUT2D eigenvalue weighted by Crippen LogP contribution is 2.43. The molecule has 4 atom stereocenters. The number of carbonyl (C=O) groups excluding carboxylic acids is 1. The van der Waals surface area contributed by atoms with Gasteiger partial charge in [-0.15, -0.1) is 0 Å². The Bertz CT molecular complexity index is 795. The number of carbonyl (C=O) groups is 1. The van der Waals surface area contributed by atoms with Crippen LogP contribution in [0.1, 0.15) is 23.2 Å². The van der Waals surface area contributed by atoms with Crippen molar-refractivity contribution in [1.29, 1.82) is 0 Å². The van der Waals surface area contributed by atoms with Crippen LogP contribution in [0.4, 0.5) is 0 Å². The van der Waals surface area contributed by atoms with Crippen molar-refractivity contribution in [1.82, 2.24) is 16.2 Å². The van der Waals surface area contributed by atoms with Crippen LogP contribution in [0.15, 0.2) is 48.5 Å². The van der Waals surface area contributed by atoms with Crippen molar-refractivity contribution in [3.05, 3.63) is 59.7 Å². The average molecular weight is 339 g/mol. The first kappa shape index (κ1) is 15.9. The van der Waals surface area contributed by atoms with Crippen molar-refractivity contribution in [3.8, 4) is 11.5 Å². The Kier molecular flexibility index (Phi) is 4.07. The molecule has 0 saturated carbocycles. The number of amides is 1. The maximum Gasteiger partial charge on any atom is 0.239 e. The Hall–Kier alpha value is -2.57. The molecule has 2 fully saturated rings. The zero-order valence-electron chi connectivity index (χ0n) is 14.2. The Morgan fingerprint density at radius 2 is 1.36 bits per heavy atom. The summed E-state index contributed by atoms with van der Waals surface area (Å²) in [5, 5.41) is 3.12. The van der Waals surface area contributed by atoms with Gasteiger partial charge in [-0.1, -0.05) is 24.3 Å². The van der Waals surface area contributed by atoms with Gasteiger partial charge in [-0.3, -0.25) is 4.79 Å². The van der Waals surface area contributed by atoms with Gasteiger partial charge in [-0.05, 0) is 35.4 Å². The number of benzene rings is 2. The second-order valence-corrected chi connectivity index (χ2v) is 6.36. The number of fused-ring (bicyclic) bond motifs is 1. The second-order valence-electron chi connectivity index (χ2n) is 6.36. The molecule has 0 radical (unpaired) electrons. The van der Waals surface area contributed by atoms with Gasteiger partial charge in [0.25, 0.3) is 0 Å². The normalized spacial score (nSPS) is 27.7. The molecule has 0 aromatic heterocycles. The molecule has 4 unspecified atom stereocenters. The molecule has 2 aliphatic rings. The molecular weight excluding hydrogens is 318 g/mol. The smallest absolute Gasteiger partial charge is 0.239 e. The van der Waals surface area contributed by atoms with Crippen LogP contribution in [-0.4, -0.2) is 26.2 Å². The van der Waals surface area contributed by atoms with E-state index in [4.69, 9.17) is 9.47 Å². The molecule has 3 N–H and O–H groups in total. The van der Waals surface area contributed by atoms with E-state index in [0.29, 0.717) is 0 Å². The number of ether oxygens (including phenoxy) is 2. The highest BCUT2D eigenvalue weighted by Gasteiger charge is 2.51. The van der Waals surface area contributed by atoms with Crippen molar-refractivity contribution < 1.29 is 14.3 Å². The van der Waals surface area contributed by atoms with Crippen molar-refractivity contribution >= 4 is 5.91 Å². The standard InChI is InChI=1S/C19H21N3O3/c1-24-13-7-3-5-11(9-13)16-15-17(21-22-18(15)19(23)20-16)12-6-4-8-14(10-12)25-2/h3-10,15-18,21-22H,1-2H3,(H,20,23). The van der Waals surface area contributed by atoms with Gasteiger partial charge in [0.05, 0.1) is 26.3 Å². The lowest BCUT2D eigenvalue weighted by atomic mass is 9.83. The van der Waals surface area contributed by atoms with Gasteiger partial charge >= 0.3 is 0 Å². The summed E-state index contributed by atoms with van der Waals surface area (Å²) >= 11 is 0. The predicted molar refractivity (Wildman–Crippen MR) is 93.2 cm³/mol. The van der Waals surface area contributed by atoms with E-state index in [9.17, 15) is 4.79 Å². The Labute approximate surface area is 146 Å². The van der Waals surface area contributed by atoms with Gasteiger partial charge in [-0.2, -0.15) is 0 Å². The van der Waals surface area contributed by atoms with E-state index in [1.54, 1.807) is 14.2 Å². The van der Waals surface area contributed by atoms with Crippen molar-refractivity contribution in [2.24, 2.45) is 5.92 Å². The predicted octanol–water partition coefficient (Wildman–Crippen LogP) is 1.71. The molecule has 6 heteroatoms. The van der Waals surface area contributed by atoms with E-state index in [1.807, 2.05) is 42.5 Å². The third-order valence-electron chi connectivity index (χ3n) is 5.04. The minimum atomic E-state index is -0.271. The molecule has 4 rings (SSSR count). The first-order valence-electron chi connectivity index (χ1n) is 8.30. The van der Waals surface area contributed by atoms with E-state index < -0.39 is 0 Å². The number of methoxy groups -OCH3 is 2. The summed E-state index contributed by atoms with van der Waals surface area (Å²) in [6.45, 7) is 0. The first-order chi connectivity index (χ1) is 12.2. The summed E-state index contributed by atoms with van der Waals surface area (Å²) in [6, 6.07) is 15.4. The topological polar surface area (TPSA) is 71.6 Å². The van der Waals surface area contributed by atoms with Crippen LogP contribution in [0.2, 0.25) is 0 Å². The number of rotatable bonds is 4. The third-order valence-corrected chi connectivity index (χ3v) is 5.04. The van der Waals surface area contributed by atoms with E-state index in [1.165, 1.54) is 0 Å². The van der Waals surface area contributed by atoms with Crippen LogP contribution in [0, 0.1) is 5.92 Å². The van der Waals surface area contributed by atoms with Crippen LogP contribution in [0.3, 0.4) is 0 Å². The van der Waals surface area contributed by atoms with E-state index in [-0.39, 0.29) is 30.0 Å². The zero-order chi connectivity index (χ0) is 17.4. The van der Waals surface area contributed by atoms with Crippen molar-refractivity contribution in [2.45, 2.75) is 18.1 Å². The van der Waals surface area contributed by atoms with Gasteiger partial charge in [0.15, 0.2) is 0 Å². The van der Waals surface area contributed by atoms with Crippen LogP contribution < -0.4 is 25.6 Å². The lowest BCUT2D eigenvalue weighted by molar-refractivity contribution is -0.121. The minimum absolute atomic E-state index is 0.00440. The van der Waals surface area contributed by atoms with Gasteiger partial charge in [0, 0.05) is 5.92 Å². The van der Waals surface area contributed by atoms with Gasteiger partial charge in [-0.25, -0.2) is 10.9 Å². The number of hydrogen-bond donors (Lipinski definition) is 3. The first-order valence-corrected chi connectivity index (χ1v) is 8.30. The monoisotopic (exact) mass is 339 g/mol. The van der Waals surface area contributed by atoms with E-state index >= 15 is 0 Å². The average Bonchev–Trinajstić information content (AvgIpc) is 3.23. The second kappa shape index (κ2) is 6.38. The molecule has 2 heterocycles. The zero-order valence-corrected chi connectivity index (χ0v) is 14.2. The Morgan fingerprint density at radius 1 is 0.800 bits per heavy atom. The molecule has 6 nitrogen and oxygen atoms in total. The summed E-state index contributed by atoms with van der Waals surface area (Å²) in [7, 11) is 3.30. The van der Waals surface area contributed by atoms with Crippen LogP contribution >= 0.6 is 0 Å². The summed E-state index contributed by atoms with van der Waals surface area (Å²) < 4.78 is 10.7. The summed E-state index contributed by atoms with van der Waals surface area (Å²) in [5.74, 6) is 1.65. The summed E-state index contributed by atoms with van der Waals surface area (Å²) in [4.78, 5) is 12.4. The molecular formula is C19H21N3O3. The number of hydrogen-bond acceptors (Lipinski definition) is 5. The molecule has 2 saturated heterocycles. The Balaban J connectivity index is 1.70. The van der Waals surface area contributed by atoms with Gasteiger partial charge in [0.1, 0.15) is 17.5 Å². The largest absolute Gasteiger partial charge is 0.497 e. The highest BCUT2D eigenvalue weighted by atomic mass is 16.5. The molecule has 2 aliphatic heterocycles. The Morgan fingerprint density at radius 3 is 1.96 bits per heavy atom. The quantitative estimate of drug-likeness (QED) is 0.791. The molecule has 25 heavy (non-hydrogen) atoms. The van der Waals surface area contributed by atoms with Crippen molar-refractivity contribution in [2.75, 3.05) is 14.2 Å². The van der Waals surface area contributed by atoms with Gasteiger partial charge < -0.3 is 14.8 Å². The number of nitrogens with one attached hydrogen (secondary N) is 3. The SMILES string of the molecule is COc1cccc(C2NNC3C(=O)NC(c4cccc(OC)c4)C32)c1. The fraction of sp³-hybridized carbons (Fsp3) is 0.316. The molecule has 2 aromatic carbocycles. The lowest BCUT2D eigenvalue weighted by Crippen LogP contribution is -2.39. The minimum Gasteiger partial charge on any atom is -0.497 e. The maximum absolute atomic E-state index is 12.4. The molecule has 0 bridgehead atoms. The molecule has 130 valence electrons. The number of hydrazine groups is 1. The molecule has 2 aromatic rings. The fourth-order valence-corrected chi connectivity index (χ4v) is 3.81. The highest BCUT2D eigenvalue weighted by molar-refractivity contribution is 5.86. The molecule has 1 amide bonds. The summed E-state index contributed by atoms with van der Waals surface area (Å²) in [5.41, 5.74) is 8.56. The van der Waals surface area contributed by atoms with Crippen molar-refractivity contribution in [3.63, 3.8) is 0 Å².